The van der Waals surface area contributed by atoms with Crippen LogP contribution in [0.3, 0.4) is 0 Å². The van der Waals surface area contributed by atoms with Gasteiger partial charge in [0.05, 0.1) is 15.4 Å². The number of aromatic carboxylic acids is 1. The number of benzene rings is 2. The molecule has 2 aromatic carbocycles. The number of nitrogens with zero attached hydrogens (tertiary/aromatic N) is 1. The Morgan fingerprint density at radius 2 is 1.83 bits per heavy atom. The molecule has 0 fully saturated rings. The molecule has 0 radical (unpaired) electrons. The van der Waals surface area contributed by atoms with Crippen LogP contribution in [0.5, 0.6) is 0 Å². The highest BCUT2D eigenvalue weighted by Gasteiger charge is 2.21. The van der Waals surface area contributed by atoms with Crippen molar-refractivity contribution < 1.29 is 23.2 Å². The summed E-state index contributed by atoms with van der Waals surface area (Å²) in [6.07, 6.45) is 0. The second kappa shape index (κ2) is 6.28. The van der Waals surface area contributed by atoms with Crippen LogP contribution in [0, 0.1) is 24.0 Å². The van der Waals surface area contributed by atoms with Crippen molar-refractivity contribution in [3.63, 3.8) is 0 Å². The number of nitro groups is 1. The summed E-state index contributed by atoms with van der Waals surface area (Å²) in [6, 6.07) is 7.57. The van der Waals surface area contributed by atoms with Crippen LogP contribution < -0.4 is 4.72 Å². The van der Waals surface area contributed by atoms with Gasteiger partial charge in [0.15, 0.2) is 0 Å². The van der Waals surface area contributed by atoms with E-state index in [1.54, 1.807) is 6.92 Å². The topological polar surface area (TPSA) is 127 Å². The standard InChI is InChI=1S/C15H14N2O6S/c1-9-5-11(15(18)19)7-12(6-9)16-24(22,23)14-8-13(17(20)21)4-3-10(14)2/h3-8,16H,1-2H3,(H,18,19). The van der Waals surface area contributed by atoms with Crippen LogP contribution in [-0.2, 0) is 10.0 Å². The van der Waals surface area contributed by atoms with E-state index >= 15 is 0 Å². The number of carboxylic acids is 1. The van der Waals surface area contributed by atoms with E-state index < -0.39 is 20.9 Å². The highest BCUT2D eigenvalue weighted by Crippen LogP contribution is 2.25. The Morgan fingerprint density at radius 1 is 1.17 bits per heavy atom. The van der Waals surface area contributed by atoms with Crippen LogP contribution >= 0.6 is 0 Å². The van der Waals surface area contributed by atoms with Crippen LogP contribution in [0.4, 0.5) is 11.4 Å². The highest BCUT2D eigenvalue weighted by molar-refractivity contribution is 7.92. The number of non-ortho nitro benzene ring substituents is 1. The minimum Gasteiger partial charge on any atom is -0.478 e. The molecule has 9 heteroatoms. The summed E-state index contributed by atoms with van der Waals surface area (Å²) in [7, 11) is -4.11. The third-order valence-corrected chi connectivity index (χ3v) is 4.77. The zero-order valence-corrected chi connectivity index (χ0v) is 13.6. The molecule has 2 rings (SSSR count). The van der Waals surface area contributed by atoms with Crippen LogP contribution in [0.1, 0.15) is 21.5 Å². The molecule has 0 unspecified atom stereocenters. The molecule has 0 saturated carbocycles. The van der Waals surface area contributed by atoms with Crippen LogP contribution in [0.15, 0.2) is 41.3 Å². The monoisotopic (exact) mass is 350 g/mol. The van der Waals surface area contributed by atoms with Crippen molar-refractivity contribution in [2.24, 2.45) is 0 Å². The van der Waals surface area contributed by atoms with E-state index in [0.29, 0.717) is 11.1 Å². The first kappa shape index (κ1) is 17.4. The number of sulfonamides is 1. The molecule has 0 aromatic heterocycles. The van der Waals surface area contributed by atoms with Crippen molar-refractivity contribution in [2.75, 3.05) is 4.72 Å². The van der Waals surface area contributed by atoms with Gasteiger partial charge in [0.1, 0.15) is 0 Å². The average Bonchev–Trinajstić information content (AvgIpc) is 2.45. The fourth-order valence-electron chi connectivity index (χ4n) is 2.17. The van der Waals surface area contributed by atoms with Gasteiger partial charge in [0.25, 0.3) is 15.7 Å². The lowest BCUT2D eigenvalue weighted by molar-refractivity contribution is -0.385. The van der Waals surface area contributed by atoms with E-state index in [1.165, 1.54) is 37.3 Å². The van der Waals surface area contributed by atoms with Gasteiger partial charge < -0.3 is 5.11 Å². The van der Waals surface area contributed by atoms with E-state index in [4.69, 9.17) is 5.11 Å². The summed E-state index contributed by atoms with van der Waals surface area (Å²) in [6.45, 7) is 3.14. The van der Waals surface area contributed by atoms with Crippen LogP contribution in [-0.4, -0.2) is 24.4 Å². The van der Waals surface area contributed by atoms with E-state index in [-0.39, 0.29) is 21.8 Å². The SMILES string of the molecule is Cc1cc(NS(=O)(=O)c2cc([N+](=O)[O-])ccc2C)cc(C(=O)O)c1. The van der Waals surface area contributed by atoms with Gasteiger partial charge in [-0.15, -0.1) is 0 Å². The molecule has 0 bridgehead atoms. The molecule has 0 spiro atoms. The Labute approximate surface area is 138 Å². The lowest BCUT2D eigenvalue weighted by Crippen LogP contribution is -2.15. The molecule has 2 N–H and O–H groups in total. The van der Waals surface area contributed by atoms with Gasteiger partial charge in [0, 0.05) is 17.8 Å². The molecule has 0 aliphatic rings. The Balaban J connectivity index is 2.48. The second-order valence-corrected chi connectivity index (χ2v) is 6.86. The molecule has 0 amide bonds. The molecule has 2 aromatic rings. The van der Waals surface area contributed by atoms with Gasteiger partial charge in [-0.1, -0.05) is 6.07 Å². The maximum Gasteiger partial charge on any atom is 0.335 e. The zero-order valence-electron chi connectivity index (χ0n) is 12.8. The quantitative estimate of drug-likeness (QED) is 0.630. The molecule has 0 aliphatic carbocycles. The van der Waals surface area contributed by atoms with Gasteiger partial charge in [-0.2, -0.15) is 0 Å². The first-order chi connectivity index (χ1) is 11.1. The van der Waals surface area contributed by atoms with E-state index in [9.17, 15) is 23.3 Å². The number of rotatable bonds is 5. The number of nitrogens with one attached hydrogen (secondary N) is 1. The van der Waals surface area contributed by atoms with E-state index in [1.807, 2.05) is 0 Å². The third-order valence-electron chi connectivity index (χ3n) is 3.25. The lowest BCUT2D eigenvalue weighted by atomic mass is 10.1. The van der Waals surface area contributed by atoms with Crippen molar-refractivity contribution in [2.45, 2.75) is 18.7 Å². The van der Waals surface area contributed by atoms with Crippen molar-refractivity contribution in [1.82, 2.24) is 0 Å². The number of aryl methyl sites for hydroxylation is 2. The summed E-state index contributed by atoms with van der Waals surface area (Å²) >= 11 is 0. The fraction of sp³-hybridized carbons (Fsp3) is 0.133. The van der Waals surface area contributed by atoms with Crippen LogP contribution in [0.2, 0.25) is 0 Å². The molecular weight excluding hydrogens is 336 g/mol. The summed E-state index contributed by atoms with van der Waals surface area (Å²) < 4.78 is 27.3. The minimum absolute atomic E-state index is 0.0662. The van der Waals surface area contributed by atoms with Crippen molar-refractivity contribution in [3.8, 4) is 0 Å². The largest absolute Gasteiger partial charge is 0.478 e. The van der Waals surface area contributed by atoms with Gasteiger partial charge >= 0.3 is 5.97 Å². The molecule has 8 nitrogen and oxygen atoms in total. The summed E-state index contributed by atoms with van der Waals surface area (Å²) in [5, 5.41) is 19.9. The second-order valence-electron chi connectivity index (χ2n) is 5.21. The van der Waals surface area contributed by atoms with Crippen molar-refractivity contribution in [3.05, 3.63) is 63.2 Å². The third kappa shape index (κ3) is 3.69. The first-order valence-corrected chi connectivity index (χ1v) is 8.21. The Morgan fingerprint density at radius 3 is 2.42 bits per heavy atom. The molecular formula is C15H14N2O6S. The van der Waals surface area contributed by atoms with Crippen molar-refractivity contribution in [1.29, 1.82) is 0 Å². The number of hydrogen-bond acceptors (Lipinski definition) is 5. The van der Waals surface area contributed by atoms with Gasteiger partial charge in [-0.05, 0) is 43.2 Å². The Bertz CT molecular complexity index is 937. The predicted molar refractivity (Wildman–Crippen MR) is 86.8 cm³/mol. The normalized spacial score (nSPS) is 11.1. The zero-order chi connectivity index (χ0) is 18.1. The average molecular weight is 350 g/mol. The number of carboxylic acid groups (broad SMARTS) is 1. The van der Waals surface area contributed by atoms with Gasteiger partial charge in [0.2, 0.25) is 0 Å². The molecule has 0 aliphatic heterocycles. The number of carbonyl (C=O) groups is 1. The van der Waals surface area contributed by atoms with Gasteiger partial charge in [-0.3, -0.25) is 14.8 Å². The predicted octanol–water partition coefficient (Wildman–Crippen LogP) is 2.71. The number of hydrogen-bond donors (Lipinski definition) is 2. The molecule has 0 heterocycles. The Hall–Kier alpha value is -2.94. The lowest BCUT2D eigenvalue weighted by Gasteiger charge is -2.11. The first-order valence-electron chi connectivity index (χ1n) is 6.73. The smallest absolute Gasteiger partial charge is 0.335 e. The van der Waals surface area contributed by atoms with Gasteiger partial charge in [-0.25, -0.2) is 13.2 Å². The summed E-state index contributed by atoms with van der Waals surface area (Å²) in [5.74, 6) is -1.19. The summed E-state index contributed by atoms with van der Waals surface area (Å²) in [5.41, 5.74) is 0.542. The van der Waals surface area contributed by atoms with E-state index in [0.717, 1.165) is 6.07 Å². The maximum atomic E-state index is 12.5. The molecule has 0 saturated heterocycles. The van der Waals surface area contributed by atoms with Crippen molar-refractivity contribution >= 4 is 27.4 Å². The summed E-state index contributed by atoms with van der Waals surface area (Å²) in [4.78, 5) is 21.0. The molecule has 0 atom stereocenters. The maximum absolute atomic E-state index is 12.5. The number of anilines is 1. The van der Waals surface area contributed by atoms with Crippen LogP contribution in [0.25, 0.3) is 0 Å². The Kier molecular flexibility index (Phi) is 4.56. The van der Waals surface area contributed by atoms with E-state index in [2.05, 4.69) is 4.72 Å². The fourth-order valence-corrected chi connectivity index (χ4v) is 3.47. The highest BCUT2D eigenvalue weighted by atomic mass is 32.2. The number of nitro benzene ring substituents is 1. The minimum atomic E-state index is -4.11. The molecule has 126 valence electrons. The molecule has 24 heavy (non-hydrogen) atoms.